The largest absolute Gasteiger partial charge is 0.350 e. The highest BCUT2D eigenvalue weighted by Gasteiger charge is 2.46. The summed E-state index contributed by atoms with van der Waals surface area (Å²) in [5, 5.41) is 5.98. The Morgan fingerprint density at radius 3 is 2.64 bits per heavy atom. The van der Waals surface area contributed by atoms with Crippen molar-refractivity contribution < 1.29 is 18.0 Å². The van der Waals surface area contributed by atoms with Crippen LogP contribution in [0, 0.1) is 5.92 Å². The number of aromatic nitrogens is 1. The monoisotopic (exact) mass is 488 g/mol. The first-order chi connectivity index (χ1) is 15.8. The predicted molar refractivity (Wildman–Crippen MR) is 128 cm³/mol. The number of carbonyl (C=O) groups is 2. The van der Waals surface area contributed by atoms with Gasteiger partial charge in [-0.15, -0.1) is 11.8 Å². The highest BCUT2D eigenvalue weighted by molar-refractivity contribution is 8.00. The molecule has 10 heteroatoms. The summed E-state index contributed by atoms with van der Waals surface area (Å²) in [6.45, 7) is 4.73. The Labute approximate surface area is 198 Å². The van der Waals surface area contributed by atoms with Crippen LogP contribution in [0.1, 0.15) is 22.5 Å². The number of benzene rings is 1. The number of thioether (sulfide) groups is 1. The third kappa shape index (κ3) is 5.02. The number of hydrogen-bond acceptors (Lipinski definition) is 5. The van der Waals surface area contributed by atoms with Crippen LogP contribution >= 0.6 is 11.8 Å². The minimum atomic E-state index is -3.73. The average molecular weight is 489 g/mol. The molecule has 0 bridgehead atoms. The van der Waals surface area contributed by atoms with Crippen molar-refractivity contribution in [3.8, 4) is 0 Å². The van der Waals surface area contributed by atoms with Crippen molar-refractivity contribution in [2.45, 2.75) is 28.5 Å². The molecule has 176 valence electrons. The van der Waals surface area contributed by atoms with E-state index in [1.807, 2.05) is 30.3 Å². The number of carbonyl (C=O) groups excluding carboxylic acids is 2. The average Bonchev–Trinajstić information content (AvgIpc) is 3.47. The molecule has 0 aliphatic carbocycles. The van der Waals surface area contributed by atoms with Crippen LogP contribution < -0.4 is 10.6 Å². The quantitative estimate of drug-likeness (QED) is 0.552. The maximum Gasteiger partial charge on any atom is 0.267 e. The molecule has 2 aliphatic rings. The minimum Gasteiger partial charge on any atom is -0.350 e. The van der Waals surface area contributed by atoms with Gasteiger partial charge < -0.3 is 15.2 Å². The van der Waals surface area contributed by atoms with Crippen LogP contribution in [0.25, 0.3) is 0 Å². The topological polar surface area (TPSA) is 101 Å². The third-order valence-electron chi connectivity index (χ3n) is 6.15. The summed E-state index contributed by atoms with van der Waals surface area (Å²) in [6, 6.07) is 12.9. The Balaban J connectivity index is 1.37. The summed E-state index contributed by atoms with van der Waals surface area (Å²) in [5.41, 5.74) is 1.43. The molecule has 8 nitrogen and oxygen atoms in total. The molecule has 2 aliphatic heterocycles. The van der Waals surface area contributed by atoms with Crippen molar-refractivity contribution in [1.82, 2.24) is 19.5 Å². The van der Waals surface area contributed by atoms with E-state index in [2.05, 4.69) is 17.2 Å². The first kappa shape index (κ1) is 23.6. The van der Waals surface area contributed by atoms with Gasteiger partial charge in [0.2, 0.25) is 5.91 Å². The molecular weight excluding hydrogens is 460 g/mol. The first-order valence-corrected chi connectivity index (χ1v) is 13.2. The van der Waals surface area contributed by atoms with Crippen molar-refractivity contribution in [2.75, 3.05) is 19.6 Å². The fraction of sp³-hybridized carbons (Fsp3) is 0.391. The first-order valence-electron chi connectivity index (χ1n) is 10.9. The van der Waals surface area contributed by atoms with E-state index in [1.54, 1.807) is 24.9 Å². The van der Waals surface area contributed by atoms with Crippen molar-refractivity contribution in [3.63, 3.8) is 0 Å². The number of hydrogen-bond donors (Lipinski definition) is 2. The molecule has 33 heavy (non-hydrogen) atoms. The van der Waals surface area contributed by atoms with E-state index in [0.717, 1.165) is 12.0 Å². The lowest BCUT2D eigenvalue weighted by Gasteiger charge is -2.20. The van der Waals surface area contributed by atoms with Crippen LogP contribution in [-0.4, -0.2) is 59.4 Å². The van der Waals surface area contributed by atoms with E-state index in [4.69, 9.17) is 0 Å². The number of sulfonamides is 1. The van der Waals surface area contributed by atoms with Gasteiger partial charge in [0, 0.05) is 31.9 Å². The molecule has 2 amide bonds. The lowest BCUT2D eigenvalue weighted by atomic mass is 10.1. The Hall–Kier alpha value is -2.56. The molecular formula is C23H28N4O4S2. The van der Waals surface area contributed by atoms with Gasteiger partial charge in [0.1, 0.15) is 5.69 Å². The molecule has 2 saturated heterocycles. The second-order valence-electron chi connectivity index (χ2n) is 8.30. The molecule has 2 fully saturated rings. The molecule has 2 aromatic rings. The normalized spacial score (nSPS) is 22.6. The second-order valence-corrected chi connectivity index (χ2v) is 11.6. The molecule has 4 rings (SSSR count). The molecule has 0 radical (unpaired) electrons. The van der Waals surface area contributed by atoms with Gasteiger partial charge in [-0.3, -0.25) is 9.59 Å². The molecule has 0 saturated carbocycles. The van der Waals surface area contributed by atoms with E-state index >= 15 is 0 Å². The summed E-state index contributed by atoms with van der Waals surface area (Å²) in [5.74, 6) is -0.333. The third-order valence-corrected chi connectivity index (χ3v) is 9.59. The lowest BCUT2D eigenvalue weighted by Crippen LogP contribution is -2.34. The zero-order valence-electron chi connectivity index (χ0n) is 18.4. The highest BCUT2D eigenvalue weighted by atomic mass is 32.2. The van der Waals surface area contributed by atoms with Gasteiger partial charge in [0.05, 0.1) is 5.37 Å². The van der Waals surface area contributed by atoms with E-state index in [-0.39, 0.29) is 33.4 Å². The fourth-order valence-electron chi connectivity index (χ4n) is 4.40. The number of fused-ring (bicyclic) bond motifs is 1. The maximum atomic E-state index is 13.3. The van der Waals surface area contributed by atoms with Crippen LogP contribution in [0.5, 0.6) is 0 Å². The number of rotatable bonds is 8. The zero-order valence-corrected chi connectivity index (χ0v) is 20.1. The van der Waals surface area contributed by atoms with Gasteiger partial charge in [0.15, 0.2) is 5.03 Å². The highest BCUT2D eigenvalue weighted by Crippen LogP contribution is 2.43. The van der Waals surface area contributed by atoms with Gasteiger partial charge >= 0.3 is 0 Å². The van der Waals surface area contributed by atoms with E-state index in [9.17, 15) is 18.0 Å². The Morgan fingerprint density at radius 1 is 1.18 bits per heavy atom. The Kier molecular flexibility index (Phi) is 6.96. The number of nitrogens with zero attached hydrogens (tertiary/aromatic N) is 2. The van der Waals surface area contributed by atoms with Crippen molar-refractivity contribution in [3.05, 3.63) is 66.4 Å². The van der Waals surface area contributed by atoms with Crippen LogP contribution in [0.2, 0.25) is 0 Å². The lowest BCUT2D eigenvalue weighted by molar-refractivity contribution is -0.116. The van der Waals surface area contributed by atoms with Gasteiger partial charge in [-0.25, -0.2) is 8.42 Å². The van der Waals surface area contributed by atoms with Gasteiger partial charge in [-0.05, 0) is 42.5 Å². The molecule has 1 aromatic carbocycles. The second kappa shape index (κ2) is 9.74. The van der Waals surface area contributed by atoms with Gasteiger partial charge in [-0.2, -0.15) is 4.31 Å². The van der Waals surface area contributed by atoms with Gasteiger partial charge in [0.25, 0.3) is 15.9 Å². The van der Waals surface area contributed by atoms with E-state index in [1.165, 1.54) is 21.0 Å². The zero-order chi connectivity index (χ0) is 23.6. The van der Waals surface area contributed by atoms with Crippen LogP contribution in [-0.2, 0) is 28.3 Å². The molecule has 3 atom stereocenters. The van der Waals surface area contributed by atoms with Crippen molar-refractivity contribution in [1.29, 1.82) is 0 Å². The molecule has 2 N–H and O–H groups in total. The standard InChI is InChI=1S/C23H28N4O4S2/c1-3-20(28)25-21-13-17-14-27(15-19(17)32-21)33(30,31)22-10-9-18(26(22)2)23(29)24-12-11-16-7-5-4-6-8-16/h3-10,17,19,21H,1,11-15H2,2H3,(H,24,29)(H,25,28). The van der Waals surface area contributed by atoms with Crippen LogP contribution in [0.15, 0.2) is 60.1 Å². The SMILES string of the molecule is C=CC(=O)NC1CC2CN(S(=O)(=O)c3ccc(C(=O)NCCc4ccccc4)n3C)CC2S1. The summed E-state index contributed by atoms with van der Waals surface area (Å²) in [7, 11) is -2.13. The summed E-state index contributed by atoms with van der Waals surface area (Å²) < 4.78 is 29.6. The van der Waals surface area contributed by atoms with Crippen LogP contribution in [0.4, 0.5) is 0 Å². The van der Waals surface area contributed by atoms with E-state index < -0.39 is 10.0 Å². The molecule has 1 aromatic heterocycles. The molecule has 0 spiro atoms. The maximum absolute atomic E-state index is 13.3. The number of nitrogens with one attached hydrogen (secondary N) is 2. The smallest absolute Gasteiger partial charge is 0.267 e. The summed E-state index contributed by atoms with van der Waals surface area (Å²) in [6.07, 6.45) is 2.67. The minimum absolute atomic E-state index is 0.0171. The van der Waals surface area contributed by atoms with Gasteiger partial charge in [-0.1, -0.05) is 36.9 Å². The molecule has 3 unspecified atom stereocenters. The molecule has 3 heterocycles. The summed E-state index contributed by atoms with van der Waals surface area (Å²) >= 11 is 1.60. The van der Waals surface area contributed by atoms with Crippen molar-refractivity contribution in [2.24, 2.45) is 13.0 Å². The fourth-order valence-corrected chi connectivity index (χ4v) is 7.84. The van der Waals surface area contributed by atoms with Crippen molar-refractivity contribution >= 4 is 33.6 Å². The Morgan fingerprint density at radius 2 is 1.94 bits per heavy atom. The Bertz CT molecular complexity index is 1130. The van der Waals surface area contributed by atoms with E-state index in [0.29, 0.717) is 31.7 Å². The summed E-state index contributed by atoms with van der Waals surface area (Å²) in [4.78, 5) is 24.2. The van der Waals surface area contributed by atoms with Crippen LogP contribution in [0.3, 0.4) is 0 Å². The number of amides is 2. The predicted octanol–water partition coefficient (Wildman–Crippen LogP) is 1.75.